The van der Waals surface area contributed by atoms with Crippen LogP contribution in [0.3, 0.4) is 0 Å². The van der Waals surface area contributed by atoms with Crippen LogP contribution in [0.5, 0.6) is 0 Å². The van der Waals surface area contributed by atoms with Crippen molar-refractivity contribution in [3.63, 3.8) is 0 Å². The SMILES string of the molecule is CCC(C)(C(=O)c1cnn(C)c1)N1CCCC1. The Morgan fingerprint density at radius 2 is 2.12 bits per heavy atom. The van der Waals surface area contributed by atoms with Crippen LogP contribution in [0.1, 0.15) is 43.5 Å². The van der Waals surface area contributed by atoms with E-state index in [1.807, 2.05) is 13.2 Å². The van der Waals surface area contributed by atoms with Gasteiger partial charge >= 0.3 is 0 Å². The molecule has 94 valence electrons. The number of hydrogen-bond donors (Lipinski definition) is 0. The van der Waals surface area contributed by atoms with E-state index in [2.05, 4.69) is 23.8 Å². The first-order valence-electron chi connectivity index (χ1n) is 6.36. The molecule has 1 saturated heterocycles. The van der Waals surface area contributed by atoms with Gasteiger partial charge in [-0.15, -0.1) is 0 Å². The topological polar surface area (TPSA) is 38.1 Å². The van der Waals surface area contributed by atoms with Gasteiger partial charge in [-0.05, 0) is 39.3 Å². The molecule has 2 rings (SSSR count). The molecule has 0 radical (unpaired) electrons. The van der Waals surface area contributed by atoms with Crippen molar-refractivity contribution >= 4 is 5.78 Å². The third kappa shape index (κ3) is 2.14. The van der Waals surface area contributed by atoms with Gasteiger partial charge in [-0.25, -0.2) is 0 Å². The maximum absolute atomic E-state index is 12.6. The number of nitrogens with zero attached hydrogens (tertiary/aromatic N) is 3. The fourth-order valence-electron chi connectivity index (χ4n) is 2.59. The summed E-state index contributed by atoms with van der Waals surface area (Å²) in [6.45, 7) is 6.23. The Balaban J connectivity index is 2.25. The maximum atomic E-state index is 12.6. The maximum Gasteiger partial charge on any atom is 0.185 e. The summed E-state index contributed by atoms with van der Waals surface area (Å²) in [5.41, 5.74) is 0.364. The van der Waals surface area contributed by atoms with Crippen LogP contribution in [0.15, 0.2) is 12.4 Å². The Morgan fingerprint density at radius 3 is 2.59 bits per heavy atom. The highest BCUT2D eigenvalue weighted by atomic mass is 16.1. The lowest BCUT2D eigenvalue weighted by atomic mass is 9.88. The van der Waals surface area contributed by atoms with Crippen LogP contribution in [0.2, 0.25) is 0 Å². The zero-order valence-electron chi connectivity index (χ0n) is 10.9. The number of aromatic nitrogens is 2. The highest BCUT2D eigenvalue weighted by Crippen LogP contribution is 2.28. The van der Waals surface area contributed by atoms with Crippen molar-refractivity contribution in [2.75, 3.05) is 13.1 Å². The van der Waals surface area contributed by atoms with Crippen LogP contribution in [-0.2, 0) is 7.05 Å². The van der Waals surface area contributed by atoms with E-state index in [9.17, 15) is 4.79 Å². The number of aryl methyl sites for hydroxylation is 1. The Morgan fingerprint density at radius 1 is 1.47 bits per heavy atom. The number of hydrogen-bond acceptors (Lipinski definition) is 3. The Labute approximate surface area is 103 Å². The zero-order chi connectivity index (χ0) is 12.5. The van der Waals surface area contributed by atoms with Gasteiger partial charge < -0.3 is 0 Å². The first-order valence-corrected chi connectivity index (χ1v) is 6.36. The lowest BCUT2D eigenvalue weighted by Gasteiger charge is -2.36. The van der Waals surface area contributed by atoms with Crippen LogP contribution in [0.25, 0.3) is 0 Å². The molecule has 1 aliphatic rings. The van der Waals surface area contributed by atoms with Gasteiger partial charge in [-0.1, -0.05) is 6.92 Å². The molecule has 0 aromatic carbocycles. The van der Waals surface area contributed by atoms with Crippen molar-refractivity contribution in [3.8, 4) is 0 Å². The van der Waals surface area contributed by atoms with Gasteiger partial charge in [0.15, 0.2) is 5.78 Å². The second kappa shape index (κ2) is 4.61. The second-order valence-corrected chi connectivity index (χ2v) is 5.05. The van der Waals surface area contributed by atoms with Crippen LogP contribution in [0, 0.1) is 0 Å². The number of rotatable bonds is 4. The van der Waals surface area contributed by atoms with E-state index < -0.39 is 0 Å². The molecule has 1 aromatic rings. The molecule has 1 atom stereocenters. The second-order valence-electron chi connectivity index (χ2n) is 5.05. The summed E-state index contributed by atoms with van der Waals surface area (Å²) in [6, 6.07) is 0. The Hall–Kier alpha value is -1.16. The van der Waals surface area contributed by atoms with Crippen LogP contribution >= 0.6 is 0 Å². The monoisotopic (exact) mass is 235 g/mol. The standard InChI is InChI=1S/C13H21N3O/c1-4-13(2,16-7-5-6-8-16)12(17)11-9-14-15(3)10-11/h9-10H,4-8H2,1-3H3. The highest BCUT2D eigenvalue weighted by molar-refractivity contribution is 6.02. The number of carbonyl (C=O) groups excluding carboxylic acids is 1. The van der Waals surface area contributed by atoms with E-state index in [4.69, 9.17) is 0 Å². The van der Waals surface area contributed by atoms with Gasteiger partial charge in [0.2, 0.25) is 0 Å². The Bertz CT molecular complexity index is 407. The first kappa shape index (κ1) is 12.3. The van der Waals surface area contributed by atoms with Gasteiger partial charge in [0.05, 0.1) is 17.3 Å². The molecule has 17 heavy (non-hydrogen) atoms. The van der Waals surface area contributed by atoms with E-state index in [-0.39, 0.29) is 11.3 Å². The third-order valence-electron chi connectivity index (χ3n) is 3.95. The quantitative estimate of drug-likeness (QED) is 0.748. The summed E-state index contributed by atoms with van der Waals surface area (Å²) < 4.78 is 1.69. The van der Waals surface area contributed by atoms with Crippen molar-refractivity contribution in [1.82, 2.24) is 14.7 Å². The van der Waals surface area contributed by atoms with E-state index in [0.29, 0.717) is 0 Å². The lowest BCUT2D eigenvalue weighted by molar-refractivity contribution is 0.0647. The summed E-state index contributed by atoms with van der Waals surface area (Å²) in [7, 11) is 1.84. The molecule has 1 unspecified atom stereocenters. The molecule has 1 fully saturated rings. The van der Waals surface area contributed by atoms with Gasteiger partial charge in [0, 0.05) is 13.2 Å². The predicted octanol–water partition coefficient (Wildman–Crippen LogP) is 1.87. The van der Waals surface area contributed by atoms with Crippen molar-refractivity contribution in [3.05, 3.63) is 18.0 Å². The first-order chi connectivity index (χ1) is 8.08. The third-order valence-corrected chi connectivity index (χ3v) is 3.95. The molecule has 4 nitrogen and oxygen atoms in total. The smallest absolute Gasteiger partial charge is 0.185 e. The van der Waals surface area contributed by atoms with Gasteiger partial charge in [0.25, 0.3) is 0 Å². The fourth-order valence-corrected chi connectivity index (χ4v) is 2.59. The lowest BCUT2D eigenvalue weighted by Crippen LogP contribution is -2.50. The Kier molecular flexibility index (Phi) is 3.33. The van der Waals surface area contributed by atoms with Crippen LogP contribution < -0.4 is 0 Å². The van der Waals surface area contributed by atoms with E-state index in [1.165, 1.54) is 12.8 Å². The molecule has 0 bridgehead atoms. The van der Waals surface area contributed by atoms with Gasteiger partial charge in [-0.2, -0.15) is 5.10 Å². The minimum Gasteiger partial charge on any atom is -0.292 e. The largest absolute Gasteiger partial charge is 0.292 e. The van der Waals surface area contributed by atoms with Gasteiger partial charge in [0.1, 0.15) is 0 Å². The molecule has 1 aliphatic heterocycles. The summed E-state index contributed by atoms with van der Waals surface area (Å²) in [6.07, 6.45) is 6.74. The van der Waals surface area contributed by atoms with Crippen molar-refractivity contribution in [1.29, 1.82) is 0 Å². The highest BCUT2D eigenvalue weighted by Gasteiger charge is 2.39. The van der Waals surface area contributed by atoms with Crippen molar-refractivity contribution in [2.24, 2.45) is 7.05 Å². The van der Waals surface area contributed by atoms with E-state index in [0.717, 1.165) is 25.1 Å². The zero-order valence-corrected chi connectivity index (χ0v) is 10.9. The molecule has 0 aliphatic carbocycles. The molecular formula is C13H21N3O. The minimum absolute atomic E-state index is 0.204. The molecule has 1 aromatic heterocycles. The normalized spacial score (nSPS) is 20.4. The average molecular weight is 235 g/mol. The van der Waals surface area contributed by atoms with Crippen molar-refractivity contribution < 1.29 is 4.79 Å². The summed E-state index contributed by atoms with van der Waals surface area (Å²) in [5.74, 6) is 0.204. The molecular weight excluding hydrogens is 214 g/mol. The van der Waals surface area contributed by atoms with Crippen LogP contribution in [0.4, 0.5) is 0 Å². The average Bonchev–Trinajstić information content (AvgIpc) is 2.97. The molecule has 0 saturated carbocycles. The molecule has 4 heteroatoms. The predicted molar refractivity (Wildman–Crippen MR) is 67.0 cm³/mol. The van der Waals surface area contributed by atoms with Crippen LogP contribution in [-0.4, -0.2) is 39.1 Å². The van der Waals surface area contributed by atoms with Crippen molar-refractivity contribution in [2.45, 2.75) is 38.6 Å². The molecule has 0 amide bonds. The molecule has 0 N–H and O–H groups in total. The summed E-state index contributed by atoms with van der Waals surface area (Å²) in [5, 5.41) is 4.09. The fraction of sp³-hybridized carbons (Fsp3) is 0.692. The van der Waals surface area contributed by atoms with Gasteiger partial charge in [-0.3, -0.25) is 14.4 Å². The number of ketones is 1. The molecule has 2 heterocycles. The number of Topliss-reactive ketones (excluding diaryl/α,β-unsaturated/α-hetero) is 1. The summed E-state index contributed by atoms with van der Waals surface area (Å²) >= 11 is 0. The molecule has 0 spiro atoms. The minimum atomic E-state index is -0.362. The van der Waals surface area contributed by atoms with E-state index in [1.54, 1.807) is 10.9 Å². The number of carbonyl (C=O) groups is 1. The van der Waals surface area contributed by atoms with E-state index >= 15 is 0 Å². The number of likely N-dealkylation sites (tertiary alicyclic amines) is 1. The summed E-state index contributed by atoms with van der Waals surface area (Å²) in [4.78, 5) is 14.9.